The van der Waals surface area contributed by atoms with Crippen molar-refractivity contribution in [3.8, 4) is 11.6 Å². The highest BCUT2D eigenvalue weighted by Gasteiger charge is 2.41. The van der Waals surface area contributed by atoms with Gasteiger partial charge < -0.3 is 24.4 Å². The molecule has 2 heterocycles. The summed E-state index contributed by atoms with van der Waals surface area (Å²) < 4.78 is 13.1. The molecule has 0 amide bonds. The Morgan fingerprint density at radius 1 is 0.976 bits per heavy atom. The average molecular weight is 653 g/mol. The Hall–Kier alpha value is -2.68. The van der Waals surface area contributed by atoms with Gasteiger partial charge in [0.25, 0.3) is 0 Å². The second kappa shape index (κ2) is 14.2. The molecule has 42 heavy (non-hydrogen) atoms. The fourth-order valence-corrected chi connectivity index (χ4v) is 6.32. The first kappa shape index (κ1) is 30.8. The van der Waals surface area contributed by atoms with E-state index in [1.807, 2.05) is 72.8 Å². The highest BCUT2D eigenvalue weighted by molar-refractivity contribution is 9.10. The molecule has 5 rings (SSSR count). The highest BCUT2D eigenvalue weighted by atomic mass is 79.9. The van der Waals surface area contributed by atoms with E-state index in [1.54, 1.807) is 7.11 Å². The van der Waals surface area contributed by atoms with Crippen LogP contribution in [0.15, 0.2) is 83.3 Å². The Morgan fingerprint density at radius 3 is 2.43 bits per heavy atom. The number of aliphatic hydroxyl groups is 1. The van der Waals surface area contributed by atoms with Crippen LogP contribution < -0.4 is 9.47 Å². The lowest BCUT2D eigenvalue weighted by atomic mass is 9.75. The Balaban J connectivity index is 1.51. The molecule has 4 aromatic rings. The Kier molecular flexibility index (Phi) is 10.4. The van der Waals surface area contributed by atoms with Gasteiger partial charge in [0.05, 0.1) is 12.6 Å². The van der Waals surface area contributed by atoms with Crippen molar-refractivity contribution in [1.82, 2.24) is 14.8 Å². The maximum atomic E-state index is 12.8. The molecule has 2 atom stereocenters. The molecule has 0 aliphatic carbocycles. The van der Waals surface area contributed by atoms with Crippen LogP contribution in [0.4, 0.5) is 0 Å². The third kappa shape index (κ3) is 7.63. The summed E-state index contributed by atoms with van der Waals surface area (Å²) in [6.07, 6.45) is 2.38. The van der Waals surface area contributed by atoms with Crippen LogP contribution in [-0.2, 0) is 0 Å². The van der Waals surface area contributed by atoms with Crippen molar-refractivity contribution in [2.75, 3.05) is 53.5 Å². The van der Waals surface area contributed by atoms with Gasteiger partial charge in [-0.2, -0.15) is 0 Å². The third-order valence-electron chi connectivity index (χ3n) is 8.18. The summed E-state index contributed by atoms with van der Waals surface area (Å²) in [5.41, 5.74) is 1.29. The molecule has 1 N–H and O–H groups in total. The van der Waals surface area contributed by atoms with E-state index in [0.717, 1.165) is 77.8 Å². The zero-order chi connectivity index (χ0) is 29.5. The van der Waals surface area contributed by atoms with Crippen molar-refractivity contribution >= 4 is 38.4 Å². The van der Waals surface area contributed by atoms with Crippen molar-refractivity contribution in [3.05, 3.63) is 99.5 Å². The van der Waals surface area contributed by atoms with Gasteiger partial charge >= 0.3 is 0 Å². The van der Waals surface area contributed by atoms with E-state index < -0.39 is 11.5 Å². The molecule has 222 valence electrons. The summed E-state index contributed by atoms with van der Waals surface area (Å²) in [6, 6.07) is 25.4. The number of likely N-dealkylation sites (N-methyl/N-ethyl adjacent to an activating group) is 1. The molecule has 1 fully saturated rings. The Bertz CT molecular complexity index is 1450. The lowest BCUT2D eigenvalue weighted by molar-refractivity contribution is -0.0286. The number of hydrogen-bond donors (Lipinski definition) is 1. The van der Waals surface area contributed by atoms with Crippen LogP contribution in [0.25, 0.3) is 10.9 Å². The molecule has 0 bridgehead atoms. The summed E-state index contributed by atoms with van der Waals surface area (Å²) in [7, 11) is 3.81. The smallest absolute Gasteiger partial charge is 0.217 e. The van der Waals surface area contributed by atoms with Crippen molar-refractivity contribution in [2.24, 2.45) is 0 Å². The molecule has 1 aliphatic rings. The number of fused-ring (bicyclic) bond motifs is 1. The molecule has 0 radical (unpaired) electrons. The molecular formula is C34H39BrClN3O3. The fraction of sp³-hybridized carbons (Fsp3) is 0.382. The van der Waals surface area contributed by atoms with Crippen molar-refractivity contribution < 1.29 is 14.6 Å². The zero-order valence-corrected chi connectivity index (χ0v) is 26.7. The first-order chi connectivity index (χ1) is 20.3. The number of nitrogens with zero attached hydrogens (tertiary/aromatic N) is 3. The number of piperazine rings is 1. The van der Waals surface area contributed by atoms with Gasteiger partial charge in [0.15, 0.2) is 0 Å². The third-order valence-corrected chi connectivity index (χ3v) is 8.92. The quantitative estimate of drug-likeness (QED) is 0.166. The Labute approximate surface area is 262 Å². The van der Waals surface area contributed by atoms with Crippen LogP contribution in [0.1, 0.15) is 36.3 Å². The maximum Gasteiger partial charge on any atom is 0.217 e. The van der Waals surface area contributed by atoms with Crippen molar-refractivity contribution in [2.45, 2.75) is 30.8 Å². The highest BCUT2D eigenvalue weighted by Crippen LogP contribution is 2.43. The monoisotopic (exact) mass is 651 g/mol. The summed E-state index contributed by atoms with van der Waals surface area (Å²) in [4.78, 5) is 9.75. The first-order valence-corrected chi connectivity index (χ1v) is 15.7. The second-order valence-electron chi connectivity index (χ2n) is 11.2. The van der Waals surface area contributed by atoms with Crippen LogP contribution in [0, 0.1) is 0 Å². The number of hydrogen-bond acceptors (Lipinski definition) is 6. The second-order valence-corrected chi connectivity index (χ2v) is 12.6. The normalized spacial score (nSPS) is 16.7. The van der Waals surface area contributed by atoms with E-state index in [1.165, 1.54) is 0 Å². The lowest BCUT2D eigenvalue weighted by Crippen LogP contribution is -2.45. The number of aromatic nitrogens is 1. The van der Waals surface area contributed by atoms with Gasteiger partial charge in [-0.05, 0) is 86.9 Å². The zero-order valence-electron chi connectivity index (χ0n) is 24.3. The van der Waals surface area contributed by atoms with E-state index in [9.17, 15) is 5.11 Å². The molecule has 1 saturated heterocycles. The topological polar surface area (TPSA) is 58.1 Å². The summed E-state index contributed by atoms with van der Waals surface area (Å²) in [6.45, 7) is 5.49. The number of halogens is 2. The molecule has 2 unspecified atom stereocenters. The SMILES string of the molecule is COc1nc2ccc(Br)cc2cc1C(c1ccc(Cl)cc1)C(O)(CCCCN1CCN(C)CC1)COc1ccccc1. The first-order valence-electron chi connectivity index (χ1n) is 14.6. The van der Waals surface area contributed by atoms with Gasteiger partial charge in [0.1, 0.15) is 18.0 Å². The summed E-state index contributed by atoms with van der Waals surface area (Å²) in [5, 5.41) is 14.4. The molecule has 3 aromatic carbocycles. The number of methoxy groups -OCH3 is 1. The average Bonchev–Trinajstić information content (AvgIpc) is 3.00. The summed E-state index contributed by atoms with van der Waals surface area (Å²) in [5.74, 6) is 0.726. The molecular weight excluding hydrogens is 614 g/mol. The van der Waals surface area contributed by atoms with E-state index in [-0.39, 0.29) is 6.61 Å². The van der Waals surface area contributed by atoms with Gasteiger partial charge in [0, 0.05) is 52.5 Å². The largest absolute Gasteiger partial charge is 0.491 e. The van der Waals surface area contributed by atoms with Gasteiger partial charge in [-0.25, -0.2) is 4.98 Å². The van der Waals surface area contributed by atoms with E-state index in [4.69, 9.17) is 26.1 Å². The van der Waals surface area contributed by atoms with Crippen LogP contribution in [-0.4, -0.2) is 79.0 Å². The van der Waals surface area contributed by atoms with E-state index in [2.05, 4.69) is 38.8 Å². The van der Waals surface area contributed by atoms with Gasteiger partial charge in [0.2, 0.25) is 5.88 Å². The van der Waals surface area contributed by atoms with Crippen LogP contribution in [0.3, 0.4) is 0 Å². The summed E-state index contributed by atoms with van der Waals surface area (Å²) >= 11 is 9.92. The predicted molar refractivity (Wildman–Crippen MR) is 174 cm³/mol. The minimum atomic E-state index is -1.26. The number of benzene rings is 3. The fourth-order valence-electron chi connectivity index (χ4n) is 5.81. The van der Waals surface area contributed by atoms with Crippen LogP contribution in [0.5, 0.6) is 11.6 Å². The van der Waals surface area contributed by atoms with Crippen LogP contribution in [0.2, 0.25) is 5.02 Å². The molecule has 1 aliphatic heterocycles. The molecule has 0 spiro atoms. The molecule has 0 saturated carbocycles. The van der Waals surface area contributed by atoms with Gasteiger partial charge in [-0.15, -0.1) is 0 Å². The van der Waals surface area contributed by atoms with E-state index >= 15 is 0 Å². The molecule has 8 heteroatoms. The number of unbranched alkanes of at least 4 members (excludes halogenated alkanes) is 1. The van der Waals surface area contributed by atoms with E-state index in [0.29, 0.717) is 17.3 Å². The molecule has 6 nitrogen and oxygen atoms in total. The van der Waals surface area contributed by atoms with Crippen molar-refractivity contribution in [3.63, 3.8) is 0 Å². The maximum absolute atomic E-state index is 12.8. The van der Waals surface area contributed by atoms with Crippen LogP contribution >= 0.6 is 27.5 Å². The van der Waals surface area contributed by atoms with Crippen molar-refractivity contribution in [1.29, 1.82) is 0 Å². The molecule has 1 aromatic heterocycles. The number of rotatable bonds is 12. The van der Waals surface area contributed by atoms with Gasteiger partial charge in [-0.3, -0.25) is 0 Å². The predicted octanol–water partition coefficient (Wildman–Crippen LogP) is 7.02. The Morgan fingerprint density at radius 2 is 1.71 bits per heavy atom. The van der Waals surface area contributed by atoms with Gasteiger partial charge in [-0.1, -0.05) is 57.9 Å². The minimum absolute atomic E-state index is 0.110. The number of para-hydroxylation sites is 1. The lowest BCUT2D eigenvalue weighted by Gasteiger charge is -2.38. The number of ether oxygens (including phenoxy) is 2. The standard InChI is InChI=1S/C34H39BrClN3O3/c1-38-18-20-39(21-19-38)17-7-6-16-34(40,24-42-29-8-4-3-5-9-29)32(25-10-13-28(36)14-11-25)30-23-26-22-27(35)12-15-31(26)37-33(30)41-2/h3-5,8-15,22-23,32,40H,6-7,16-21,24H2,1-2H3. The minimum Gasteiger partial charge on any atom is -0.491 e. The number of pyridine rings is 1.